The van der Waals surface area contributed by atoms with Gasteiger partial charge in [0.05, 0.1) is 31.3 Å². The number of hydrogen-bond donors (Lipinski definition) is 8. The van der Waals surface area contributed by atoms with Crippen LogP contribution in [0.5, 0.6) is 0 Å². The number of aliphatic hydroxyl groups is 4. The number of rotatable bonds is 26. The SMILES string of the molecule is O=C(c1ccccc1)c1ccc(Nc2nc(Nc3ccc(/C=C/c4ccc(Nc5nc(Nc6ccc(C(=O)c7ccccc7)cc6)nc(N(CCO)CCO)n5)cc4S(=O)(=O)[O-])c([S-](=O)=O)c3)nc(N(CCO)CCO)n2)cc1.[Na+].[Na+].[OH-]. The number of ketones is 2. The zero-order chi connectivity index (χ0) is 55.9. The minimum atomic E-state index is -5.19. The molecule has 0 amide bonds. The molecule has 0 bridgehead atoms. The third kappa shape index (κ3) is 17.7. The molecule has 2 heterocycles. The van der Waals surface area contributed by atoms with Gasteiger partial charge in [0.1, 0.15) is 10.1 Å². The molecule has 0 atom stereocenters. The van der Waals surface area contributed by atoms with Crippen molar-refractivity contribution >= 4 is 103 Å². The molecule has 0 unspecified atom stereocenters. The van der Waals surface area contributed by atoms with Gasteiger partial charge in [-0.25, -0.2) is 8.42 Å². The predicted molar refractivity (Wildman–Crippen MR) is 297 cm³/mol. The van der Waals surface area contributed by atoms with Crippen LogP contribution in [0, 0.1) is 0 Å². The van der Waals surface area contributed by atoms with Crippen LogP contribution < -0.4 is 90.2 Å². The summed E-state index contributed by atoms with van der Waals surface area (Å²) in [6, 6.07) is 38.7. The Morgan fingerprint density at radius 2 is 0.805 bits per heavy atom. The molecule has 8 rings (SSSR count). The molecule has 28 heteroatoms. The van der Waals surface area contributed by atoms with E-state index < -0.39 is 25.7 Å². The van der Waals surface area contributed by atoms with Gasteiger partial charge in [0.15, 0.2) is 11.6 Å². The first-order valence-electron chi connectivity index (χ1n) is 24.2. The maximum atomic E-state index is 13.0. The molecule has 0 spiro atoms. The molecular formula is C54H51N12Na2O12S2-. The molecule has 9 N–H and O–H groups in total. The molecule has 2 aromatic heterocycles. The molecule has 82 heavy (non-hydrogen) atoms. The van der Waals surface area contributed by atoms with Gasteiger partial charge in [0.2, 0.25) is 35.7 Å². The van der Waals surface area contributed by atoms with E-state index in [2.05, 4.69) is 51.2 Å². The second-order valence-corrected chi connectivity index (χ2v) is 19.3. The maximum absolute atomic E-state index is 13.0. The van der Waals surface area contributed by atoms with Crippen molar-refractivity contribution in [2.24, 2.45) is 0 Å². The van der Waals surface area contributed by atoms with Crippen LogP contribution in [0.25, 0.3) is 12.2 Å². The third-order valence-corrected chi connectivity index (χ3v) is 13.2. The fourth-order valence-corrected chi connectivity index (χ4v) is 9.07. The fourth-order valence-electron chi connectivity index (χ4n) is 7.82. The normalized spacial score (nSPS) is 11.0. The molecular weight excluding hydrogens is 1120 g/mol. The first kappa shape index (κ1) is 65.7. The van der Waals surface area contributed by atoms with Crippen LogP contribution in [-0.2, 0) is 29.2 Å². The fraction of sp³-hybridized carbons (Fsp3) is 0.148. The third-order valence-electron chi connectivity index (χ3n) is 11.6. The summed E-state index contributed by atoms with van der Waals surface area (Å²) in [5, 5.41) is 51.1. The number of carbonyl (C=O) groups excluding carboxylic acids is 2. The second kappa shape index (κ2) is 31.4. The van der Waals surface area contributed by atoms with Crippen molar-refractivity contribution in [3.63, 3.8) is 0 Å². The van der Waals surface area contributed by atoms with Gasteiger partial charge in [0.25, 0.3) is 0 Å². The molecule has 24 nitrogen and oxygen atoms in total. The molecule has 0 fully saturated rings. The van der Waals surface area contributed by atoms with Gasteiger partial charge >= 0.3 is 59.1 Å². The Labute approximate surface area is 517 Å². The standard InChI is InChI=1S/C54H51N12O11S2.2Na.H2O/c67-29-25-65(26-30-68)53-61-49(55-41-19-15-39(16-20-41)47(71)37-7-3-1-4-8-37)59-51(63-53)57-43-23-13-35(45(33-43)78(73)74)11-12-36-14-24-44(34-46(36)79(75,76)77)58-52-60-50(62-54(64-52)66(27-31-69)28-32-70)56-42-21-17-40(18-22-42)48(72)38-9-5-2-6-10-38;;;/h1-24,33-34,67-70H,25-32H2,(H,75,76,77)(H2,55,57,59,61,63)(H2,56,58,60,62,64);;;1H2/q-1;2*+1;/p-2/b12-11+;;;. The van der Waals surface area contributed by atoms with Gasteiger partial charge in [-0.3, -0.25) is 9.59 Å². The van der Waals surface area contributed by atoms with Crippen LogP contribution in [0.15, 0.2) is 155 Å². The zero-order valence-corrected chi connectivity index (χ0v) is 49.8. The summed E-state index contributed by atoms with van der Waals surface area (Å²) in [7, 11) is -8.05. The maximum Gasteiger partial charge on any atom is 1.00 e. The number of anilines is 10. The van der Waals surface area contributed by atoms with Crippen LogP contribution in [0.1, 0.15) is 43.0 Å². The van der Waals surface area contributed by atoms with E-state index in [9.17, 15) is 51.4 Å². The summed E-state index contributed by atoms with van der Waals surface area (Å²) in [6.07, 6.45) is 2.57. The zero-order valence-electron chi connectivity index (χ0n) is 44.2. The second-order valence-electron chi connectivity index (χ2n) is 17.0. The molecule has 0 saturated carbocycles. The summed E-state index contributed by atoms with van der Waals surface area (Å²) < 4.78 is 63.8. The average Bonchev–Trinajstić information content (AvgIpc) is 3.53. The van der Waals surface area contributed by atoms with E-state index in [-0.39, 0.29) is 192 Å². The first-order chi connectivity index (χ1) is 38.2. The van der Waals surface area contributed by atoms with Gasteiger partial charge in [-0.1, -0.05) is 95.9 Å². The monoisotopic (exact) mass is 1170 g/mol. The Hall–Kier alpha value is -7.12. The molecule has 0 aliphatic heterocycles. The molecule has 414 valence electrons. The van der Waals surface area contributed by atoms with E-state index in [1.165, 1.54) is 52.3 Å². The molecule has 0 saturated heterocycles. The van der Waals surface area contributed by atoms with E-state index >= 15 is 0 Å². The summed E-state index contributed by atoms with van der Waals surface area (Å²) in [5.74, 6) is -0.475. The molecule has 0 aliphatic rings. The van der Waals surface area contributed by atoms with E-state index in [1.54, 1.807) is 97.1 Å². The van der Waals surface area contributed by atoms with Crippen molar-refractivity contribution in [1.82, 2.24) is 29.9 Å². The number of benzene rings is 6. The smallest absolute Gasteiger partial charge is 0.870 e. The van der Waals surface area contributed by atoms with E-state index in [1.807, 2.05) is 12.1 Å². The summed E-state index contributed by atoms with van der Waals surface area (Å²) in [5.41, 5.74) is 3.14. The number of nitrogens with one attached hydrogen (secondary N) is 4. The topological polar surface area (TPSA) is 368 Å². The summed E-state index contributed by atoms with van der Waals surface area (Å²) in [6.45, 7) is -1.11. The molecule has 6 aromatic carbocycles. The molecule has 0 aliphatic carbocycles. The number of aromatic nitrogens is 6. The number of carbonyl (C=O) groups is 2. The van der Waals surface area contributed by atoms with Crippen molar-refractivity contribution < 1.29 is 116 Å². The van der Waals surface area contributed by atoms with Crippen molar-refractivity contribution in [2.75, 3.05) is 83.7 Å². The average molecular weight is 1170 g/mol. The van der Waals surface area contributed by atoms with Gasteiger partial charge in [-0.05, 0) is 88.6 Å². The van der Waals surface area contributed by atoms with Crippen LogP contribution in [0.2, 0.25) is 0 Å². The van der Waals surface area contributed by atoms with Crippen LogP contribution in [0.4, 0.5) is 58.4 Å². The van der Waals surface area contributed by atoms with E-state index in [4.69, 9.17) is 0 Å². The largest absolute Gasteiger partial charge is 1.00 e. The van der Waals surface area contributed by atoms with E-state index in [0.717, 1.165) is 6.07 Å². The minimum Gasteiger partial charge on any atom is -0.870 e. The van der Waals surface area contributed by atoms with Crippen LogP contribution >= 0.6 is 0 Å². The Kier molecular flexibility index (Phi) is 25.1. The quantitative estimate of drug-likeness (QED) is 0.0113. The van der Waals surface area contributed by atoms with Crippen molar-refractivity contribution in [1.29, 1.82) is 0 Å². The number of aliphatic hydroxyl groups excluding tert-OH is 4. The summed E-state index contributed by atoms with van der Waals surface area (Å²) in [4.78, 5) is 54.8. The summed E-state index contributed by atoms with van der Waals surface area (Å²) >= 11 is 0. The Morgan fingerprint density at radius 1 is 0.476 bits per heavy atom. The Bertz CT molecular complexity index is 3650. The van der Waals surface area contributed by atoms with E-state index in [0.29, 0.717) is 33.6 Å². The van der Waals surface area contributed by atoms with Crippen LogP contribution in [0.3, 0.4) is 0 Å². The van der Waals surface area contributed by atoms with Crippen molar-refractivity contribution in [3.8, 4) is 0 Å². The Balaban J connectivity index is 0.00000411. The van der Waals surface area contributed by atoms with Gasteiger partial charge < -0.3 is 69.9 Å². The number of hydrogen-bond acceptors (Lipinski definition) is 25. The van der Waals surface area contributed by atoms with Gasteiger partial charge in [-0.15, -0.1) is 0 Å². The van der Waals surface area contributed by atoms with Crippen LogP contribution in [-0.4, -0.2) is 133 Å². The first-order valence-corrected chi connectivity index (χ1v) is 26.6. The van der Waals surface area contributed by atoms with Crippen molar-refractivity contribution in [3.05, 3.63) is 179 Å². The Morgan fingerprint density at radius 3 is 1.17 bits per heavy atom. The van der Waals surface area contributed by atoms with Crippen molar-refractivity contribution in [2.45, 2.75) is 9.79 Å². The molecule has 8 aromatic rings. The number of nitrogens with zero attached hydrogens (tertiary/aromatic N) is 8. The minimum absolute atomic E-state index is 0. The predicted octanol–water partition coefficient (Wildman–Crippen LogP) is -0.351. The van der Waals surface area contributed by atoms with Gasteiger partial charge in [-0.2, -0.15) is 29.9 Å². The molecule has 0 radical (unpaired) electrons. The van der Waals surface area contributed by atoms with Gasteiger partial charge in [0, 0.05) is 71.2 Å².